The van der Waals surface area contributed by atoms with Gasteiger partial charge in [-0.1, -0.05) is 25.3 Å². The minimum Gasteiger partial charge on any atom is -0.486 e. The summed E-state index contributed by atoms with van der Waals surface area (Å²) in [6, 6.07) is 10.0. The van der Waals surface area contributed by atoms with Crippen molar-refractivity contribution in [3.63, 3.8) is 0 Å². The highest BCUT2D eigenvalue weighted by Crippen LogP contribution is 2.32. The van der Waals surface area contributed by atoms with Gasteiger partial charge in [-0.15, -0.1) is 0 Å². The molecule has 0 bridgehead atoms. The Balaban J connectivity index is 1.54. The van der Waals surface area contributed by atoms with E-state index in [1.165, 1.54) is 30.2 Å². The third kappa shape index (κ3) is 4.83. The van der Waals surface area contributed by atoms with Crippen molar-refractivity contribution in [1.29, 1.82) is 0 Å². The fourth-order valence-electron chi connectivity index (χ4n) is 3.86. The van der Waals surface area contributed by atoms with Gasteiger partial charge in [-0.25, -0.2) is 8.42 Å². The Labute approximate surface area is 182 Å². The molecule has 2 heterocycles. The summed E-state index contributed by atoms with van der Waals surface area (Å²) in [6.07, 6.45) is 7.18. The van der Waals surface area contributed by atoms with Crippen LogP contribution in [0, 0.1) is 0 Å². The number of likely N-dealkylation sites (N-methyl/N-ethyl adjacent to an activating group) is 1. The van der Waals surface area contributed by atoms with E-state index < -0.39 is 10.0 Å². The highest BCUT2D eigenvalue weighted by Gasteiger charge is 2.26. The summed E-state index contributed by atoms with van der Waals surface area (Å²) in [5.41, 5.74) is 0.560. The Morgan fingerprint density at radius 2 is 1.84 bits per heavy atom. The van der Waals surface area contributed by atoms with Gasteiger partial charge in [0.2, 0.25) is 15.9 Å². The SMILES string of the molecule is CN(CC(=O)n1ccccc1=NC1CCCCC1)S(=O)(=O)c1ccc2c(c1)OCCO2. The Morgan fingerprint density at radius 1 is 1.10 bits per heavy atom. The van der Waals surface area contributed by atoms with Gasteiger partial charge in [0.1, 0.15) is 18.7 Å². The lowest BCUT2D eigenvalue weighted by Gasteiger charge is -2.21. The predicted molar refractivity (Wildman–Crippen MR) is 115 cm³/mol. The molecule has 166 valence electrons. The molecule has 0 radical (unpaired) electrons. The number of rotatable bonds is 5. The molecular weight excluding hydrogens is 418 g/mol. The Kier molecular flexibility index (Phi) is 6.43. The maximum absolute atomic E-state index is 13.0. The number of hydrogen-bond donors (Lipinski definition) is 0. The smallest absolute Gasteiger partial charge is 0.247 e. The lowest BCUT2D eigenvalue weighted by Crippen LogP contribution is -2.38. The molecule has 1 aromatic heterocycles. The van der Waals surface area contributed by atoms with Crippen molar-refractivity contribution >= 4 is 15.9 Å². The third-order valence-electron chi connectivity index (χ3n) is 5.58. The number of fused-ring (bicyclic) bond motifs is 1. The van der Waals surface area contributed by atoms with Crippen LogP contribution >= 0.6 is 0 Å². The van der Waals surface area contributed by atoms with Gasteiger partial charge >= 0.3 is 0 Å². The van der Waals surface area contributed by atoms with Crippen molar-refractivity contribution in [2.24, 2.45) is 4.99 Å². The first-order chi connectivity index (χ1) is 14.9. The van der Waals surface area contributed by atoms with E-state index in [4.69, 9.17) is 14.5 Å². The van der Waals surface area contributed by atoms with Crippen LogP contribution in [0.15, 0.2) is 52.5 Å². The molecule has 1 aliphatic heterocycles. The zero-order chi connectivity index (χ0) is 21.8. The zero-order valence-electron chi connectivity index (χ0n) is 17.6. The van der Waals surface area contributed by atoms with Crippen LogP contribution in [0.4, 0.5) is 0 Å². The van der Waals surface area contributed by atoms with Crippen LogP contribution < -0.4 is 15.0 Å². The molecule has 0 amide bonds. The number of ether oxygens (including phenoxy) is 2. The van der Waals surface area contributed by atoms with Gasteiger partial charge in [-0.2, -0.15) is 4.31 Å². The largest absolute Gasteiger partial charge is 0.486 e. The summed E-state index contributed by atoms with van der Waals surface area (Å²) < 4.78 is 39.5. The quantitative estimate of drug-likeness (QED) is 0.705. The van der Waals surface area contributed by atoms with Gasteiger partial charge < -0.3 is 9.47 Å². The molecule has 2 aliphatic rings. The van der Waals surface area contributed by atoms with E-state index in [0.717, 1.165) is 30.0 Å². The fraction of sp³-hybridized carbons (Fsp3) is 0.455. The number of benzene rings is 1. The van der Waals surface area contributed by atoms with Crippen molar-refractivity contribution in [1.82, 2.24) is 8.87 Å². The minimum atomic E-state index is -3.88. The summed E-state index contributed by atoms with van der Waals surface area (Å²) in [5, 5.41) is 0. The van der Waals surface area contributed by atoms with Crippen LogP contribution in [0.5, 0.6) is 11.5 Å². The van der Waals surface area contributed by atoms with E-state index >= 15 is 0 Å². The maximum Gasteiger partial charge on any atom is 0.247 e. The first-order valence-electron chi connectivity index (χ1n) is 10.6. The van der Waals surface area contributed by atoms with Crippen LogP contribution in [0.25, 0.3) is 0 Å². The number of aromatic nitrogens is 1. The number of carbonyl (C=O) groups is 1. The lowest BCUT2D eigenvalue weighted by molar-refractivity contribution is 0.0886. The summed E-state index contributed by atoms with van der Waals surface area (Å²) in [4.78, 5) is 17.8. The summed E-state index contributed by atoms with van der Waals surface area (Å²) in [6.45, 7) is 0.484. The summed E-state index contributed by atoms with van der Waals surface area (Å²) in [5.74, 6) is 0.537. The van der Waals surface area contributed by atoms with Crippen molar-refractivity contribution in [2.45, 2.75) is 43.0 Å². The topological polar surface area (TPSA) is 90.2 Å². The van der Waals surface area contributed by atoms with Gasteiger partial charge in [0.25, 0.3) is 0 Å². The molecule has 1 fully saturated rings. The lowest BCUT2D eigenvalue weighted by atomic mass is 9.96. The molecule has 1 aliphatic carbocycles. The molecule has 4 rings (SSSR count). The molecule has 31 heavy (non-hydrogen) atoms. The number of carbonyl (C=O) groups excluding carboxylic acids is 1. The van der Waals surface area contributed by atoms with E-state index in [9.17, 15) is 13.2 Å². The molecule has 0 unspecified atom stereocenters. The van der Waals surface area contributed by atoms with Crippen LogP contribution in [0.1, 0.15) is 36.9 Å². The highest BCUT2D eigenvalue weighted by atomic mass is 32.2. The molecule has 9 heteroatoms. The van der Waals surface area contributed by atoms with Gasteiger partial charge in [-0.3, -0.25) is 14.4 Å². The van der Waals surface area contributed by atoms with E-state index in [0.29, 0.717) is 30.2 Å². The Bertz CT molecular complexity index is 1120. The number of nitrogens with zero attached hydrogens (tertiary/aromatic N) is 3. The van der Waals surface area contributed by atoms with Gasteiger partial charge in [0, 0.05) is 19.3 Å². The zero-order valence-corrected chi connectivity index (χ0v) is 18.4. The number of pyridine rings is 1. The normalized spacial score (nSPS) is 17.7. The molecule has 8 nitrogen and oxygen atoms in total. The minimum absolute atomic E-state index is 0.0530. The average Bonchev–Trinajstić information content (AvgIpc) is 2.79. The number of hydrogen-bond acceptors (Lipinski definition) is 6. The predicted octanol–water partition coefficient (Wildman–Crippen LogP) is 2.45. The highest BCUT2D eigenvalue weighted by molar-refractivity contribution is 7.89. The van der Waals surface area contributed by atoms with E-state index in [1.54, 1.807) is 24.4 Å². The first-order valence-corrected chi connectivity index (χ1v) is 12.0. The molecule has 0 atom stereocenters. The summed E-state index contributed by atoms with van der Waals surface area (Å²) >= 11 is 0. The molecule has 0 spiro atoms. The maximum atomic E-state index is 13.0. The van der Waals surface area contributed by atoms with Crippen LogP contribution in [0.3, 0.4) is 0 Å². The van der Waals surface area contributed by atoms with Gasteiger partial charge in [-0.05, 0) is 37.1 Å². The Hall–Kier alpha value is -2.65. The van der Waals surface area contributed by atoms with E-state index in [-0.39, 0.29) is 23.4 Å². The second-order valence-corrected chi connectivity index (χ2v) is 9.85. The third-order valence-corrected chi connectivity index (χ3v) is 7.38. The van der Waals surface area contributed by atoms with E-state index in [1.807, 2.05) is 6.07 Å². The molecule has 0 saturated heterocycles. The van der Waals surface area contributed by atoms with Crippen LogP contribution in [-0.2, 0) is 10.0 Å². The van der Waals surface area contributed by atoms with Crippen molar-refractivity contribution in [3.05, 3.63) is 48.1 Å². The second kappa shape index (κ2) is 9.23. The molecule has 2 aromatic rings. The van der Waals surface area contributed by atoms with E-state index in [2.05, 4.69) is 0 Å². The standard InChI is InChI=1S/C22H27N3O5S/c1-24(31(27,28)18-10-11-19-20(15-18)30-14-13-29-19)16-22(26)25-12-6-5-9-21(25)23-17-7-3-2-4-8-17/h5-6,9-12,15,17H,2-4,7-8,13-14,16H2,1H3. The molecule has 1 saturated carbocycles. The second-order valence-electron chi connectivity index (χ2n) is 7.81. The monoisotopic (exact) mass is 445 g/mol. The Morgan fingerprint density at radius 3 is 2.61 bits per heavy atom. The summed E-state index contributed by atoms with van der Waals surface area (Å²) in [7, 11) is -2.49. The fourth-order valence-corrected chi connectivity index (χ4v) is 5.00. The van der Waals surface area contributed by atoms with Crippen molar-refractivity contribution < 1.29 is 22.7 Å². The van der Waals surface area contributed by atoms with Gasteiger partial charge in [0.05, 0.1) is 17.5 Å². The molecule has 1 aromatic carbocycles. The first kappa shape index (κ1) is 21.6. The van der Waals surface area contributed by atoms with Gasteiger partial charge in [0.15, 0.2) is 11.5 Å². The average molecular weight is 446 g/mol. The van der Waals surface area contributed by atoms with Crippen LogP contribution in [-0.4, -0.2) is 56.0 Å². The molecular formula is C22H27N3O5S. The van der Waals surface area contributed by atoms with Crippen molar-refractivity contribution in [3.8, 4) is 11.5 Å². The van der Waals surface area contributed by atoms with Crippen molar-refractivity contribution in [2.75, 3.05) is 26.8 Å². The van der Waals surface area contributed by atoms with Crippen LogP contribution in [0.2, 0.25) is 0 Å². The molecule has 0 N–H and O–H groups in total. The number of sulfonamides is 1.